The Morgan fingerprint density at radius 1 is 0.971 bits per heavy atom. The third kappa shape index (κ3) is 6.67. The Kier molecular flexibility index (Phi) is 8.21. The zero-order valence-electron chi connectivity index (χ0n) is 19.4. The van der Waals surface area contributed by atoms with Crippen LogP contribution < -0.4 is 21.7 Å². The molecular formula is C23H29N7O5. The summed E-state index contributed by atoms with van der Waals surface area (Å²) in [7, 11) is 0. The number of imidazole rings is 1. The first-order valence-corrected chi connectivity index (χ1v) is 11.1. The van der Waals surface area contributed by atoms with Crippen molar-refractivity contribution in [2.45, 2.75) is 50.9 Å². The molecule has 3 aromatic rings. The fraction of sp³-hybridized carbons (Fsp3) is 0.348. The number of aromatic nitrogens is 3. The number of nitrogens with one attached hydrogen (secondary N) is 5. The highest BCUT2D eigenvalue weighted by Crippen LogP contribution is 2.18. The van der Waals surface area contributed by atoms with E-state index in [1.165, 1.54) is 26.4 Å². The number of carboxylic acids is 1. The van der Waals surface area contributed by atoms with E-state index in [-0.39, 0.29) is 12.8 Å². The van der Waals surface area contributed by atoms with Gasteiger partial charge in [-0.05, 0) is 31.9 Å². The second-order valence-corrected chi connectivity index (χ2v) is 8.31. The SMILES string of the molecule is CC(NC(=O)C(C)NC(=O)C(Cc1cnc[nH]1)NC(=O)C(N)Cc1c[nH]c2ccccc12)C(=O)O. The van der Waals surface area contributed by atoms with Crippen molar-refractivity contribution in [2.24, 2.45) is 5.73 Å². The molecule has 1 aromatic carbocycles. The molecule has 35 heavy (non-hydrogen) atoms. The van der Waals surface area contributed by atoms with Crippen LogP contribution in [0.3, 0.4) is 0 Å². The van der Waals surface area contributed by atoms with Crippen LogP contribution in [0.4, 0.5) is 0 Å². The summed E-state index contributed by atoms with van der Waals surface area (Å²) in [5.74, 6) is -3.04. The van der Waals surface area contributed by atoms with E-state index >= 15 is 0 Å². The lowest BCUT2D eigenvalue weighted by molar-refractivity contribution is -0.141. The van der Waals surface area contributed by atoms with Gasteiger partial charge in [-0.3, -0.25) is 19.2 Å². The molecule has 2 heterocycles. The molecule has 0 fully saturated rings. The second kappa shape index (κ2) is 11.3. The number of H-pyrrole nitrogens is 2. The topological polar surface area (TPSA) is 195 Å². The first-order chi connectivity index (χ1) is 16.7. The minimum atomic E-state index is -1.20. The van der Waals surface area contributed by atoms with Crippen molar-refractivity contribution >= 4 is 34.6 Å². The molecule has 2 aromatic heterocycles. The monoisotopic (exact) mass is 483 g/mol. The highest BCUT2D eigenvalue weighted by atomic mass is 16.4. The molecule has 0 spiro atoms. The predicted octanol–water partition coefficient (Wildman–Crippen LogP) is -0.418. The van der Waals surface area contributed by atoms with Crippen LogP contribution in [0.1, 0.15) is 25.1 Å². The molecule has 12 nitrogen and oxygen atoms in total. The standard InChI is InChI=1S/C23H29N7O5/c1-12(20(31)29-13(2)23(34)35)28-22(33)19(8-15-10-25-11-27-15)30-21(32)17(24)7-14-9-26-18-6-4-3-5-16(14)18/h3-6,9-13,17,19,26H,7-8,24H2,1-2H3,(H,25,27)(H,28,33)(H,29,31)(H,30,32)(H,34,35). The highest BCUT2D eigenvalue weighted by molar-refractivity contribution is 5.94. The number of hydrogen-bond donors (Lipinski definition) is 7. The fourth-order valence-corrected chi connectivity index (χ4v) is 3.51. The minimum absolute atomic E-state index is 0.0806. The van der Waals surface area contributed by atoms with Gasteiger partial charge in [0.1, 0.15) is 18.1 Å². The number of fused-ring (bicyclic) bond motifs is 1. The molecule has 12 heteroatoms. The quantitative estimate of drug-likeness (QED) is 0.192. The lowest BCUT2D eigenvalue weighted by Gasteiger charge is -2.23. The van der Waals surface area contributed by atoms with E-state index < -0.39 is 47.9 Å². The summed E-state index contributed by atoms with van der Waals surface area (Å²) >= 11 is 0. The molecule has 0 bridgehead atoms. The summed E-state index contributed by atoms with van der Waals surface area (Å²) in [6.45, 7) is 2.73. The predicted molar refractivity (Wildman–Crippen MR) is 127 cm³/mol. The molecule has 0 saturated carbocycles. The van der Waals surface area contributed by atoms with Crippen molar-refractivity contribution in [3.8, 4) is 0 Å². The van der Waals surface area contributed by atoms with Crippen LogP contribution in [0.15, 0.2) is 43.0 Å². The zero-order valence-corrected chi connectivity index (χ0v) is 19.4. The number of para-hydroxylation sites is 1. The molecule has 3 amide bonds. The van der Waals surface area contributed by atoms with Crippen molar-refractivity contribution in [1.82, 2.24) is 30.9 Å². The molecule has 8 N–H and O–H groups in total. The van der Waals surface area contributed by atoms with Crippen LogP contribution in [0.25, 0.3) is 10.9 Å². The van der Waals surface area contributed by atoms with Gasteiger partial charge in [-0.15, -0.1) is 0 Å². The fourth-order valence-electron chi connectivity index (χ4n) is 3.51. The van der Waals surface area contributed by atoms with Crippen LogP contribution in [-0.4, -0.2) is 67.9 Å². The maximum atomic E-state index is 13.0. The van der Waals surface area contributed by atoms with Gasteiger partial charge in [0.05, 0.1) is 12.4 Å². The molecular weight excluding hydrogens is 454 g/mol. The van der Waals surface area contributed by atoms with Gasteiger partial charge in [0, 0.05) is 35.4 Å². The lowest BCUT2D eigenvalue weighted by atomic mass is 10.0. The van der Waals surface area contributed by atoms with Crippen molar-refractivity contribution in [3.63, 3.8) is 0 Å². The highest BCUT2D eigenvalue weighted by Gasteiger charge is 2.28. The third-order valence-corrected chi connectivity index (χ3v) is 5.54. The van der Waals surface area contributed by atoms with Crippen LogP contribution in [0.2, 0.25) is 0 Å². The minimum Gasteiger partial charge on any atom is -0.480 e. The Morgan fingerprint density at radius 2 is 1.69 bits per heavy atom. The molecule has 3 rings (SSSR count). The number of nitrogens with zero attached hydrogens (tertiary/aromatic N) is 1. The maximum Gasteiger partial charge on any atom is 0.325 e. The first kappa shape index (κ1) is 25.4. The van der Waals surface area contributed by atoms with Gasteiger partial charge in [-0.25, -0.2) is 4.98 Å². The van der Waals surface area contributed by atoms with E-state index in [2.05, 4.69) is 30.9 Å². The van der Waals surface area contributed by atoms with Crippen LogP contribution in [-0.2, 0) is 32.0 Å². The summed E-state index contributed by atoms with van der Waals surface area (Å²) in [5, 5.41) is 17.4. The third-order valence-electron chi connectivity index (χ3n) is 5.54. The zero-order chi connectivity index (χ0) is 25.5. The van der Waals surface area contributed by atoms with Gasteiger partial charge < -0.3 is 36.8 Å². The summed E-state index contributed by atoms with van der Waals surface area (Å²) in [6.07, 6.45) is 5.09. The molecule has 0 aliphatic rings. The van der Waals surface area contributed by atoms with Gasteiger partial charge >= 0.3 is 5.97 Å². The van der Waals surface area contributed by atoms with Crippen molar-refractivity contribution in [1.29, 1.82) is 0 Å². The molecule has 0 saturated heterocycles. The summed E-state index contributed by atoms with van der Waals surface area (Å²) in [4.78, 5) is 59.0. The van der Waals surface area contributed by atoms with Gasteiger partial charge in [0.2, 0.25) is 17.7 Å². The Labute approximate surface area is 201 Å². The van der Waals surface area contributed by atoms with Crippen molar-refractivity contribution in [2.75, 3.05) is 0 Å². The van der Waals surface area contributed by atoms with E-state index in [0.29, 0.717) is 5.69 Å². The number of carboxylic acid groups (broad SMARTS) is 1. The van der Waals surface area contributed by atoms with Crippen molar-refractivity contribution in [3.05, 3.63) is 54.2 Å². The smallest absolute Gasteiger partial charge is 0.325 e. The molecule has 0 aliphatic carbocycles. The second-order valence-electron chi connectivity index (χ2n) is 8.31. The number of aliphatic carboxylic acids is 1. The van der Waals surface area contributed by atoms with Crippen LogP contribution in [0, 0.1) is 0 Å². The van der Waals surface area contributed by atoms with E-state index in [0.717, 1.165) is 16.5 Å². The summed E-state index contributed by atoms with van der Waals surface area (Å²) in [6, 6.07) is 3.51. The van der Waals surface area contributed by atoms with Gasteiger partial charge in [-0.1, -0.05) is 18.2 Å². The Hall–Kier alpha value is -4.19. The Balaban J connectivity index is 1.66. The van der Waals surface area contributed by atoms with Gasteiger partial charge in [-0.2, -0.15) is 0 Å². The van der Waals surface area contributed by atoms with E-state index in [1.807, 2.05) is 24.3 Å². The number of benzene rings is 1. The average Bonchev–Trinajstić information content (AvgIpc) is 3.48. The van der Waals surface area contributed by atoms with Crippen LogP contribution >= 0.6 is 0 Å². The maximum absolute atomic E-state index is 13.0. The van der Waals surface area contributed by atoms with E-state index in [1.54, 1.807) is 6.20 Å². The molecule has 186 valence electrons. The summed E-state index contributed by atoms with van der Waals surface area (Å²) in [5.41, 5.74) is 8.54. The number of carbonyl (C=O) groups excluding carboxylic acids is 3. The van der Waals surface area contributed by atoms with E-state index in [9.17, 15) is 19.2 Å². The molecule has 4 unspecified atom stereocenters. The number of hydrogen-bond acceptors (Lipinski definition) is 6. The molecule has 4 atom stereocenters. The Bertz CT molecular complexity index is 1190. The van der Waals surface area contributed by atoms with Crippen molar-refractivity contribution < 1.29 is 24.3 Å². The van der Waals surface area contributed by atoms with Gasteiger partial charge in [0.25, 0.3) is 0 Å². The molecule has 0 radical (unpaired) electrons. The van der Waals surface area contributed by atoms with Gasteiger partial charge in [0.15, 0.2) is 0 Å². The normalized spacial score (nSPS) is 14.5. The number of rotatable bonds is 11. The van der Waals surface area contributed by atoms with Crippen LogP contribution in [0.5, 0.6) is 0 Å². The van der Waals surface area contributed by atoms with E-state index in [4.69, 9.17) is 10.8 Å². The summed E-state index contributed by atoms with van der Waals surface area (Å²) < 4.78 is 0. The lowest BCUT2D eigenvalue weighted by Crippen LogP contribution is -2.56. The number of nitrogens with two attached hydrogens (primary N) is 1. The first-order valence-electron chi connectivity index (χ1n) is 11.1. The number of amides is 3. The number of carbonyl (C=O) groups is 4. The molecule has 0 aliphatic heterocycles. The largest absolute Gasteiger partial charge is 0.480 e. The Morgan fingerprint density at radius 3 is 2.37 bits per heavy atom. The average molecular weight is 484 g/mol. The number of aromatic amines is 2.